The molecule has 3 N–H and O–H groups in total. The minimum Gasteiger partial charge on any atom is -0.462 e. The molecule has 3 aliphatic rings. The fourth-order valence-electron chi connectivity index (χ4n) is 5.69. The van der Waals surface area contributed by atoms with Gasteiger partial charge in [0.1, 0.15) is 18.3 Å². The van der Waals surface area contributed by atoms with Gasteiger partial charge in [0.2, 0.25) is 0 Å². The molecule has 184 valence electrons. The van der Waals surface area contributed by atoms with Gasteiger partial charge in [-0.3, -0.25) is 14.4 Å². The second kappa shape index (κ2) is 8.52. The zero-order chi connectivity index (χ0) is 24.9. The number of ether oxygens (including phenoxy) is 3. The van der Waals surface area contributed by atoms with E-state index in [1.165, 1.54) is 26.8 Å². The van der Waals surface area contributed by atoms with Crippen molar-refractivity contribution in [2.75, 3.05) is 0 Å². The van der Waals surface area contributed by atoms with Crippen molar-refractivity contribution in [3.05, 3.63) is 23.8 Å². The zero-order valence-corrected chi connectivity index (χ0v) is 19.9. The predicted octanol–water partition coefficient (Wildman–Crippen LogP) is 1.19. The SMILES string of the molecule is CC(=O)O[C@@H]1[C@@H]2[C@](C)(C=CC(O)[C@@]2(C)O)[C@H](OC(C)=O)CC/C(C)=C\[C@@H]2OC(=O)[C@H](C)[C@]21O. The molecule has 1 fully saturated rings. The summed E-state index contributed by atoms with van der Waals surface area (Å²) < 4.78 is 16.8. The summed E-state index contributed by atoms with van der Waals surface area (Å²) in [6, 6.07) is 0. The van der Waals surface area contributed by atoms with Crippen molar-refractivity contribution in [2.45, 2.75) is 90.0 Å². The first kappa shape index (κ1) is 25.4. The summed E-state index contributed by atoms with van der Waals surface area (Å²) in [5.41, 5.74) is -4.38. The van der Waals surface area contributed by atoms with E-state index in [0.717, 1.165) is 12.5 Å². The monoisotopic (exact) mass is 466 g/mol. The lowest BCUT2D eigenvalue weighted by Crippen LogP contribution is -2.69. The third kappa shape index (κ3) is 4.11. The Kier molecular flexibility index (Phi) is 6.56. The first-order valence-corrected chi connectivity index (χ1v) is 11.2. The summed E-state index contributed by atoms with van der Waals surface area (Å²) in [4.78, 5) is 36.9. The van der Waals surface area contributed by atoms with E-state index in [-0.39, 0.29) is 0 Å². The lowest BCUT2D eigenvalue weighted by Gasteiger charge is -2.56. The van der Waals surface area contributed by atoms with Gasteiger partial charge in [-0.1, -0.05) is 24.6 Å². The van der Waals surface area contributed by atoms with Crippen LogP contribution in [0.15, 0.2) is 23.8 Å². The summed E-state index contributed by atoms with van der Waals surface area (Å²) in [5, 5.41) is 34.3. The van der Waals surface area contributed by atoms with Gasteiger partial charge in [-0.05, 0) is 39.7 Å². The van der Waals surface area contributed by atoms with Gasteiger partial charge in [-0.15, -0.1) is 0 Å². The number of aliphatic hydroxyl groups is 3. The number of hydrogen-bond acceptors (Lipinski definition) is 9. The average molecular weight is 467 g/mol. The molecule has 0 amide bonds. The third-order valence-electron chi connectivity index (χ3n) is 7.57. The highest BCUT2D eigenvalue weighted by Gasteiger charge is 2.68. The van der Waals surface area contributed by atoms with Crippen molar-refractivity contribution in [1.29, 1.82) is 0 Å². The normalized spacial score (nSPS) is 46.8. The molecule has 33 heavy (non-hydrogen) atoms. The number of allylic oxidation sites excluding steroid dienone is 1. The first-order chi connectivity index (χ1) is 15.2. The maximum atomic E-state index is 12.6. The van der Waals surface area contributed by atoms with Gasteiger partial charge in [0, 0.05) is 25.2 Å². The third-order valence-corrected chi connectivity index (χ3v) is 7.57. The quantitative estimate of drug-likeness (QED) is 0.311. The highest BCUT2D eigenvalue weighted by molar-refractivity contribution is 5.77. The van der Waals surface area contributed by atoms with Crippen LogP contribution in [0.25, 0.3) is 0 Å². The van der Waals surface area contributed by atoms with E-state index in [0.29, 0.717) is 12.8 Å². The molecule has 3 rings (SSSR count). The lowest BCUT2D eigenvalue weighted by molar-refractivity contribution is -0.239. The Morgan fingerprint density at radius 2 is 1.76 bits per heavy atom. The van der Waals surface area contributed by atoms with Gasteiger partial charge in [0.05, 0.1) is 11.5 Å². The van der Waals surface area contributed by atoms with Gasteiger partial charge >= 0.3 is 17.9 Å². The highest BCUT2D eigenvalue weighted by atomic mass is 16.6. The molecule has 0 aromatic heterocycles. The molecular formula is C24H34O9. The van der Waals surface area contributed by atoms with Crippen molar-refractivity contribution in [3.63, 3.8) is 0 Å². The molecule has 1 heterocycles. The molecule has 0 bridgehead atoms. The molecule has 9 nitrogen and oxygen atoms in total. The summed E-state index contributed by atoms with van der Waals surface area (Å²) in [7, 11) is 0. The number of carbonyl (C=O) groups excluding carboxylic acids is 3. The first-order valence-electron chi connectivity index (χ1n) is 11.2. The van der Waals surface area contributed by atoms with Crippen LogP contribution in [0.5, 0.6) is 0 Å². The molecule has 9 atom stereocenters. The van der Waals surface area contributed by atoms with Gasteiger partial charge in [0.15, 0.2) is 11.7 Å². The van der Waals surface area contributed by atoms with Gasteiger partial charge in [0.25, 0.3) is 0 Å². The Morgan fingerprint density at radius 3 is 2.33 bits per heavy atom. The van der Waals surface area contributed by atoms with Crippen LogP contribution in [0.3, 0.4) is 0 Å². The smallest absolute Gasteiger partial charge is 0.312 e. The molecule has 2 aliphatic carbocycles. The lowest BCUT2D eigenvalue weighted by atomic mass is 9.54. The standard InChI is InChI=1S/C24H34O9/c1-12-7-8-17(31-14(3)25)22(5)10-9-16(27)23(6,29)19(22)20(32-15(4)26)24(30)13(2)21(28)33-18(24)11-12/h9-11,13,16-20,27,29-30H,7-8H2,1-6H3/b12-11-/t13-,16?,17+,18-,19+,20+,22+,23+,24-/m0/s1. The molecule has 1 unspecified atom stereocenters. The number of hydrogen-bond donors (Lipinski definition) is 3. The van der Waals surface area contributed by atoms with E-state index in [4.69, 9.17) is 14.2 Å². The van der Waals surface area contributed by atoms with Crippen LogP contribution in [0.4, 0.5) is 0 Å². The second-order valence-electron chi connectivity index (χ2n) is 10.0. The van der Waals surface area contributed by atoms with Gasteiger partial charge in [-0.2, -0.15) is 0 Å². The summed E-state index contributed by atoms with van der Waals surface area (Å²) >= 11 is 0. The van der Waals surface area contributed by atoms with E-state index < -0.39 is 70.8 Å². The van der Waals surface area contributed by atoms with Crippen molar-refractivity contribution in [1.82, 2.24) is 0 Å². The summed E-state index contributed by atoms with van der Waals surface area (Å²) in [6.45, 7) is 8.81. The molecule has 9 heteroatoms. The fourth-order valence-corrected chi connectivity index (χ4v) is 5.69. The van der Waals surface area contributed by atoms with Crippen LogP contribution < -0.4 is 0 Å². The van der Waals surface area contributed by atoms with Crippen molar-refractivity contribution >= 4 is 17.9 Å². The fraction of sp³-hybridized carbons (Fsp3) is 0.708. The molecule has 1 saturated heterocycles. The molecule has 0 saturated carbocycles. The molecule has 0 spiro atoms. The highest BCUT2D eigenvalue weighted by Crippen LogP contribution is 2.54. The Morgan fingerprint density at radius 1 is 1.15 bits per heavy atom. The minimum atomic E-state index is -2.05. The van der Waals surface area contributed by atoms with Crippen LogP contribution >= 0.6 is 0 Å². The van der Waals surface area contributed by atoms with E-state index in [1.54, 1.807) is 26.0 Å². The van der Waals surface area contributed by atoms with Crippen molar-refractivity contribution in [2.24, 2.45) is 17.3 Å². The maximum absolute atomic E-state index is 12.6. The molecule has 0 radical (unpaired) electrons. The Bertz CT molecular complexity index is 890. The Hall–Kier alpha value is -2.23. The van der Waals surface area contributed by atoms with Crippen LogP contribution in [0, 0.1) is 17.3 Å². The van der Waals surface area contributed by atoms with Gasteiger partial charge in [-0.25, -0.2) is 0 Å². The number of fused-ring (bicyclic) bond motifs is 2. The minimum absolute atomic E-state index is 0.354. The maximum Gasteiger partial charge on any atom is 0.312 e. The van der Waals surface area contributed by atoms with E-state index >= 15 is 0 Å². The Labute approximate surface area is 193 Å². The zero-order valence-electron chi connectivity index (χ0n) is 19.9. The van der Waals surface area contributed by atoms with Crippen molar-refractivity contribution < 1.29 is 43.9 Å². The number of rotatable bonds is 2. The topological polar surface area (TPSA) is 140 Å². The predicted molar refractivity (Wildman–Crippen MR) is 115 cm³/mol. The Balaban J connectivity index is 2.35. The van der Waals surface area contributed by atoms with E-state index in [9.17, 15) is 29.7 Å². The average Bonchev–Trinajstić information content (AvgIpc) is 2.90. The van der Waals surface area contributed by atoms with Crippen LogP contribution in [-0.4, -0.2) is 68.8 Å². The largest absolute Gasteiger partial charge is 0.462 e. The van der Waals surface area contributed by atoms with Crippen LogP contribution in [-0.2, 0) is 28.6 Å². The number of carbonyl (C=O) groups is 3. The second-order valence-corrected chi connectivity index (χ2v) is 10.0. The molecular weight excluding hydrogens is 432 g/mol. The number of aliphatic hydroxyl groups excluding tert-OH is 1. The van der Waals surface area contributed by atoms with E-state index in [1.807, 2.05) is 0 Å². The number of esters is 3. The van der Waals surface area contributed by atoms with Gasteiger partial charge < -0.3 is 29.5 Å². The molecule has 0 aromatic rings. The molecule has 0 aromatic carbocycles. The van der Waals surface area contributed by atoms with E-state index in [2.05, 4.69) is 0 Å². The van der Waals surface area contributed by atoms with Crippen molar-refractivity contribution in [3.8, 4) is 0 Å². The summed E-state index contributed by atoms with van der Waals surface area (Å²) in [5.74, 6) is -4.23. The molecule has 1 aliphatic heterocycles. The van der Waals surface area contributed by atoms with Crippen LogP contribution in [0.2, 0.25) is 0 Å². The summed E-state index contributed by atoms with van der Waals surface area (Å²) in [6.07, 6.45) is 0.669. The van der Waals surface area contributed by atoms with Crippen LogP contribution in [0.1, 0.15) is 54.4 Å².